The average molecular weight is 314 g/mol. The van der Waals surface area contributed by atoms with Crippen molar-refractivity contribution in [3.8, 4) is 0 Å². The van der Waals surface area contributed by atoms with Gasteiger partial charge in [-0.05, 0) is 45.1 Å². The Hall–Kier alpha value is -0.580. The van der Waals surface area contributed by atoms with Gasteiger partial charge in [0, 0.05) is 13.2 Å². The van der Waals surface area contributed by atoms with Gasteiger partial charge in [0.05, 0.1) is 29.1 Å². The largest absolute Gasteiger partial charge is 0.378 e. The van der Waals surface area contributed by atoms with E-state index in [1.165, 1.54) is 12.8 Å². The second-order valence-corrected chi connectivity index (χ2v) is 6.24. The van der Waals surface area contributed by atoms with Crippen LogP contribution in [-0.4, -0.2) is 29.0 Å². The van der Waals surface area contributed by atoms with Crippen LogP contribution in [0, 0.1) is 0 Å². The van der Waals surface area contributed by atoms with Gasteiger partial charge in [0.15, 0.2) is 0 Å². The molecule has 0 aliphatic carbocycles. The molecule has 2 unspecified atom stereocenters. The molecular weight excluding hydrogens is 286 g/mol. The number of hydrogen-bond donors (Lipinski definition) is 1. The molecule has 5 heteroatoms. The molecule has 1 aliphatic rings. The molecule has 1 aromatic rings. The fourth-order valence-corrected chi connectivity index (χ4v) is 3.25. The van der Waals surface area contributed by atoms with E-state index in [9.17, 15) is 0 Å². The minimum absolute atomic E-state index is 0.231. The number of nitrogens with zero attached hydrogens (tertiary/aromatic N) is 2. The molecule has 4 nitrogen and oxygen atoms in total. The Morgan fingerprint density at radius 2 is 2.29 bits per heavy atom. The van der Waals surface area contributed by atoms with Gasteiger partial charge >= 0.3 is 0 Å². The summed E-state index contributed by atoms with van der Waals surface area (Å²) < 4.78 is 7.97. The molecule has 0 saturated carbocycles. The SMILES string of the molecule is CCCNC(CC1CCCCO1)c1c(Cl)cnn1CCC. The molecule has 0 spiro atoms. The van der Waals surface area contributed by atoms with E-state index < -0.39 is 0 Å². The Bertz CT molecular complexity index is 416. The Morgan fingerprint density at radius 1 is 1.43 bits per heavy atom. The zero-order chi connectivity index (χ0) is 15.1. The third-order valence-electron chi connectivity index (χ3n) is 4.01. The van der Waals surface area contributed by atoms with Crippen LogP contribution in [0.5, 0.6) is 0 Å². The van der Waals surface area contributed by atoms with Crippen LogP contribution in [0.15, 0.2) is 6.20 Å². The van der Waals surface area contributed by atoms with Gasteiger partial charge in [0.25, 0.3) is 0 Å². The molecule has 1 aliphatic heterocycles. The Labute approximate surface area is 133 Å². The van der Waals surface area contributed by atoms with Crippen molar-refractivity contribution >= 4 is 11.6 Å². The van der Waals surface area contributed by atoms with Crippen molar-refractivity contribution in [2.24, 2.45) is 0 Å². The summed E-state index contributed by atoms with van der Waals surface area (Å²) in [6.07, 6.45) is 8.89. The number of nitrogens with one attached hydrogen (secondary N) is 1. The summed E-state index contributed by atoms with van der Waals surface area (Å²) in [6, 6.07) is 0.231. The van der Waals surface area contributed by atoms with Gasteiger partial charge in [0.2, 0.25) is 0 Å². The first-order chi connectivity index (χ1) is 10.3. The van der Waals surface area contributed by atoms with Crippen LogP contribution in [0.2, 0.25) is 5.02 Å². The molecule has 1 N–H and O–H groups in total. The highest BCUT2D eigenvalue weighted by Crippen LogP contribution is 2.29. The lowest BCUT2D eigenvalue weighted by Gasteiger charge is -2.28. The highest BCUT2D eigenvalue weighted by atomic mass is 35.5. The second-order valence-electron chi connectivity index (χ2n) is 5.83. The second kappa shape index (κ2) is 8.76. The van der Waals surface area contributed by atoms with E-state index in [0.29, 0.717) is 6.10 Å². The van der Waals surface area contributed by atoms with Gasteiger partial charge in [0.1, 0.15) is 0 Å². The van der Waals surface area contributed by atoms with Gasteiger partial charge in [-0.3, -0.25) is 4.68 Å². The molecule has 1 fully saturated rings. The van der Waals surface area contributed by atoms with Crippen LogP contribution >= 0.6 is 11.6 Å². The maximum Gasteiger partial charge on any atom is 0.0834 e. The number of ether oxygens (including phenoxy) is 1. The van der Waals surface area contributed by atoms with Crippen LogP contribution in [-0.2, 0) is 11.3 Å². The fourth-order valence-electron chi connectivity index (χ4n) is 2.97. The van der Waals surface area contributed by atoms with Gasteiger partial charge in [-0.15, -0.1) is 0 Å². The van der Waals surface area contributed by atoms with Crippen LogP contribution in [0.3, 0.4) is 0 Å². The lowest BCUT2D eigenvalue weighted by atomic mass is 9.99. The molecule has 1 aromatic heterocycles. The molecule has 120 valence electrons. The number of aromatic nitrogens is 2. The van der Waals surface area contributed by atoms with E-state index in [-0.39, 0.29) is 6.04 Å². The lowest BCUT2D eigenvalue weighted by Crippen LogP contribution is -2.31. The predicted octanol–water partition coefficient (Wildman–Crippen LogP) is 3.95. The van der Waals surface area contributed by atoms with E-state index in [1.807, 2.05) is 0 Å². The third-order valence-corrected chi connectivity index (χ3v) is 4.30. The van der Waals surface area contributed by atoms with Gasteiger partial charge in [-0.2, -0.15) is 5.10 Å². The first-order valence-corrected chi connectivity index (χ1v) is 8.70. The Kier molecular flexibility index (Phi) is 7.00. The smallest absolute Gasteiger partial charge is 0.0834 e. The normalized spacial score (nSPS) is 20.6. The molecule has 2 atom stereocenters. The van der Waals surface area contributed by atoms with E-state index in [0.717, 1.165) is 56.1 Å². The topological polar surface area (TPSA) is 39.1 Å². The third kappa shape index (κ3) is 4.70. The van der Waals surface area contributed by atoms with Crippen molar-refractivity contribution in [2.45, 2.75) is 71.1 Å². The monoisotopic (exact) mass is 313 g/mol. The molecule has 2 heterocycles. The van der Waals surface area contributed by atoms with Crippen molar-refractivity contribution in [3.63, 3.8) is 0 Å². The standard InChI is InChI=1S/C16H28ClN3O/c1-3-8-18-15(11-13-7-5-6-10-21-13)16-14(17)12-19-20(16)9-4-2/h12-13,15,18H,3-11H2,1-2H3. The van der Waals surface area contributed by atoms with E-state index >= 15 is 0 Å². The zero-order valence-corrected chi connectivity index (χ0v) is 14.0. The van der Waals surface area contributed by atoms with Gasteiger partial charge in [-0.1, -0.05) is 25.4 Å². The molecule has 0 aromatic carbocycles. The summed E-state index contributed by atoms with van der Waals surface area (Å²) in [7, 11) is 0. The minimum Gasteiger partial charge on any atom is -0.378 e. The van der Waals surface area contributed by atoms with Crippen molar-refractivity contribution in [2.75, 3.05) is 13.2 Å². The van der Waals surface area contributed by atoms with Crippen LogP contribution < -0.4 is 5.32 Å². The van der Waals surface area contributed by atoms with E-state index in [4.69, 9.17) is 16.3 Å². The summed E-state index contributed by atoms with van der Waals surface area (Å²) in [4.78, 5) is 0. The van der Waals surface area contributed by atoms with Crippen molar-refractivity contribution < 1.29 is 4.74 Å². The summed E-state index contributed by atoms with van der Waals surface area (Å²) in [5, 5.41) is 8.84. The first-order valence-electron chi connectivity index (χ1n) is 8.32. The number of hydrogen-bond acceptors (Lipinski definition) is 3. The molecule has 0 radical (unpaired) electrons. The van der Waals surface area contributed by atoms with Gasteiger partial charge < -0.3 is 10.1 Å². The van der Waals surface area contributed by atoms with E-state index in [2.05, 4.69) is 28.9 Å². The zero-order valence-electron chi connectivity index (χ0n) is 13.3. The molecule has 1 saturated heterocycles. The predicted molar refractivity (Wildman–Crippen MR) is 86.8 cm³/mol. The lowest BCUT2D eigenvalue weighted by molar-refractivity contribution is 0.00453. The fraction of sp³-hybridized carbons (Fsp3) is 0.812. The summed E-state index contributed by atoms with van der Waals surface area (Å²) in [5.74, 6) is 0. The van der Waals surface area contributed by atoms with Crippen LogP contribution in [0.1, 0.15) is 64.1 Å². The minimum atomic E-state index is 0.231. The molecular formula is C16H28ClN3O. The van der Waals surface area contributed by atoms with Crippen molar-refractivity contribution in [1.82, 2.24) is 15.1 Å². The van der Waals surface area contributed by atoms with Crippen LogP contribution in [0.25, 0.3) is 0 Å². The number of rotatable bonds is 8. The molecule has 21 heavy (non-hydrogen) atoms. The highest BCUT2D eigenvalue weighted by Gasteiger charge is 2.25. The molecule has 2 rings (SSSR count). The summed E-state index contributed by atoms with van der Waals surface area (Å²) in [6.45, 7) is 7.15. The van der Waals surface area contributed by atoms with Crippen LogP contribution in [0.4, 0.5) is 0 Å². The van der Waals surface area contributed by atoms with Gasteiger partial charge in [-0.25, -0.2) is 0 Å². The maximum atomic E-state index is 6.41. The number of aryl methyl sites for hydroxylation is 1. The Morgan fingerprint density at radius 3 is 2.95 bits per heavy atom. The highest BCUT2D eigenvalue weighted by molar-refractivity contribution is 6.31. The van der Waals surface area contributed by atoms with E-state index in [1.54, 1.807) is 6.20 Å². The van der Waals surface area contributed by atoms with Crippen molar-refractivity contribution in [1.29, 1.82) is 0 Å². The Balaban J connectivity index is 2.12. The maximum absolute atomic E-state index is 6.41. The number of halogens is 1. The molecule has 0 amide bonds. The summed E-state index contributed by atoms with van der Waals surface area (Å²) >= 11 is 6.41. The summed E-state index contributed by atoms with van der Waals surface area (Å²) in [5.41, 5.74) is 1.13. The quantitative estimate of drug-likeness (QED) is 0.790. The van der Waals surface area contributed by atoms with Crippen molar-refractivity contribution in [3.05, 3.63) is 16.9 Å². The average Bonchev–Trinajstić information content (AvgIpc) is 2.86. The first kappa shape index (κ1) is 16.8. The molecule has 0 bridgehead atoms.